The van der Waals surface area contributed by atoms with E-state index in [1.165, 1.54) is 36.6 Å². The van der Waals surface area contributed by atoms with Gasteiger partial charge < -0.3 is 10.2 Å². The maximum Gasteiger partial charge on any atom is 0.243 e. The van der Waals surface area contributed by atoms with Gasteiger partial charge in [0.2, 0.25) is 11.8 Å². The van der Waals surface area contributed by atoms with Gasteiger partial charge in [-0.2, -0.15) is 0 Å². The molecule has 0 unspecified atom stereocenters. The Balaban J connectivity index is 1.74. The van der Waals surface area contributed by atoms with E-state index in [1.807, 2.05) is 31.2 Å². The Hall–Kier alpha value is -2.27. The van der Waals surface area contributed by atoms with Gasteiger partial charge in [-0.3, -0.25) is 9.59 Å². The van der Waals surface area contributed by atoms with Crippen LogP contribution >= 0.6 is 11.8 Å². The summed E-state index contributed by atoms with van der Waals surface area (Å²) in [6.07, 6.45) is 6.26. The minimum absolute atomic E-state index is 0.00252. The maximum absolute atomic E-state index is 13.4. The fourth-order valence-corrected chi connectivity index (χ4v) is 5.12. The molecular weight excluding hydrogens is 416 g/mol. The Morgan fingerprint density at radius 2 is 1.75 bits per heavy atom. The van der Waals surface area contributed by atoms with Gasteiger partial charge in [-0.25, -0.2) is 0 Å². The van der Waals surface area contributed by atoms with Gasteiger partial charge in [0.15, 0.2) is 0 Å². The van der Waals surface area contributed by atoms with Crippen molar-refractivity contribution in [2.24, 2.45) is 0 Å². The van der Waals surface area contributed by atoms with Crippen molar-refractivity contribution < 1.29 is 9.59 Å². The second-order valence-corrected chi connectivity index (χ2v) is 9.93. The first kappa shape index (κ1) is 24.4. The minimum atomic E-state index is -0.455. The van der Waals surface area contributed by atoms with Crippen LogP contribution in [0.1, 0.15) is 62.1 Å². The molecule has 2 aromatic rings. The lowest BCUT2D eigenvalue weighted by Gasteiger charge is -2.32. The van der Waals surface area contributed by atoms with Crippen molar-refractivity contribution in [3.63, 3.8) is 0 Å². The fourth-order valence-electron chi connectivity index (χ4n) is 4.33. The largest absolute Gasteiger partial charge is 0.352 e. The van der Waals surface area contributed by atoms with E-state index in [0.29, 0.717) is 18.7 Å². The molecule has 4 nitrogen and oxygen atoms in total. The first-order chi connectivity index (χ1) is 15.5. The third-order valence-electron chi connectivity index (χ3n) is 6.16. The first-order valence-corrected chi connectivity index (χ1v) is 12.8. The zero-order valence-corrected chi connectivity index (χ0v) is 20.4. The molecular formula is C27H36N2O2S. The van der Waals surface area contributed by atoms with Crippen molar-refractivity contribution in [2.75, 3.05) is 5.75 Å². The first-order valence-electron chi connectivity index (χ1n) is 11.8. The zero-order chi connectivity index (χ0) is 22.9. The highest BCUT2D eigenvalue weighted by Gasteiger charge is 2.30. The van der Waals surface area contributed by atoms with Gasteiger partial charge in [-0.1, -0.05) is 73.7 Å². The Bertz CT molecular complexity index is 891. The normalized spacial score (nSPS) is 15.2. The standard InChI is InChI=1S/C27H36N2O2S/c1-4-25(27(31)28-23-11-6-5-7-12-23)29(18-22-10-8-9-21(3)17-22)26(30)19-32-24-15-13-20(2)14-16-24/h8-10,13-17,23,25H,4-7,11-12,18-19H2,1-3H3,(H,28,31)/t25-/m0/s1. The highest BCUT2D eigenvalue weighted by Crippen LogP contribution is 2.22. The molecule has 0 aliphatic heterocycles. The van der Waals surface area contributed by atoms with E-state index in [0.717, 1.165) is 28.9 Å². The van der Waals surface area contributed by atoms with Crippen LogP contribution in [0.4, 0.5) is 0 Å². The molecule has 1 saturated carbocycles. The number of hydrogen-bond acceptors (Lipinski definition) is 3. The van der Waals surface area contributed by atoms with Crippen molar-refractivity contribution in [3.8, 4) is 0 Å². The molecule has 3 rings (SSSR count). The number of aryl methyl sites for hydroxylation is 2. The number of carbonyl (C=O) groups is 2. The van der Waals surface area contributed by atoms with E-state index in [2.05, 4.69) is 43.4 Å². The smallest absolute Gasteiger partial charge is 0.243 e. The molecule has 5 heteroatoms. The molecule has 0 radical (unpaired) electrons. The Labute approximate surface area is 197 Å². The highest BCUT2D eigenvalue weighted by molar-refractivity contribution is 8.00. The van der Waals surface area contributed by atoms with Crippen LogP contribution in [0, 0.1) is 13.8 Å². The number of carbonyl (C=O) groups excluding carboxylic acids is 2. The lowest BCUT2D eigenvalue weighted by Crippen LogP contribution is -2.52. The number of benzene rings is 2. The molecule has 32 heavy (non-hydrogen) atoms. The van der Waals surface area contributed by atoms with Gasteiger partial charge in [-0.15, -0.1) is 11.8 Å². The molecule has 2 amide bonds. The summed E-state index contributed by atoms with van der Waals surface area (Å²) in [6, 6.07) is 16.2. The summed E-state index contributed by atoms with van der Waals surface area (Å²) in [7, 11) is 0. The van der Waals surface area contributed by atoms with Crippen LogP contribution in [0.3, 0.4) is 0 Å². The summed E-state index contributed by atoms with van der Waals surface area (Å²) in [5.41, 5.74) is 3.42. The van der Waals surface area contributed by atoms with Crippen LogP contribution in [-0.4, -0.2) is 34.6 Å². The SMILES string of the molecule is CC[C@@H](C(=O)NC1CCCCC1)N(Cc1cccc(C)c1)C(=O)CSc1ccc(C)cc1. The summed E-state index contributed by atoms with van der Waals surface area (Å²) in [5.74, 6) is 0.311. The van der Waals surface area contributed by atoms with Crippen molar-refractivity contribution in [2.45, 2.75) is 82.8 Å². The summed E-state index contributed by atoms with van der Waals surface area (Å²) < 4.78 is 0. The Kier molecular flexibility index (Phi) is 9.22. The molecule has 0 spiro atoms. The van der Waals surface area contributed by atoms with E-state index < -0.39 is 6.04 Å². The zero-order valence-electron chi connectivity index (χ0n) is 19.6. The number of hydrogen-bond donors (Lipinski definition) is 1. The average molecular weight is 453 g/mol. The van der Waals surface area contributed by atoms with E-state index in [4.69, 9.17) is 0 Å². The minimum Gasteiger partial charge on any atom is -0.352 e. The van der Waals surface area contributed by atoms with Crippen LogP contribution in [0.5, 0.6) is 0 Å². The summed E-state index contributed by atoms with van der Waals surface area (Å²) in [4.78, 5) is 29.5. The average Bonchev–Trinajstić information content (AvgIpc) is 2.79. The molecule has 1 N–H and O–H groups in total. The highest BCUT2D eigenvalue weighted by atomic mass is 32.2. The molecule has 1 aliphatic carbocycles. The van der Waals surface area contributed by atoms with Crippen LogP contribution in [-0.2, 0) is 16.1 Å². The third-order valence-corrected chi connectivity index (χ3v) is 7.15. The number of nitrogens with one attached hydrogen (secondary N) is 1. The van der Waals surface area contributed by atoms with Crippen molar-refractivity contribution >= 4 is 23.6 Å². The second kappa shape index (κ2) is 12.1. The van der Waals surface area contributed by atoms with Gasteiger partial charge in [0, 0.05) is 17.5 Å². The predicted octanol–water partition coefficient (Wildman–Crippen LogP) is 5.65. The van der Waals surface area contributed by atoms with E-state index in [9.17, 15) is 9.59 Å². The molecule has 0 aromatic heterocycles. The number of rotatable bonds is 9. The lowest BCUT2D eigenvalue weighted by molar-refractivity contribution is -0.139. The summed E-state index contributed by atoms with van der Waals surface area (Å²) in [5, 5.41) is 3.24. The summed E-state index contributed by atoms with van der Waals surface area (Å²) >= 11 is 1.53. The second-order valence-electron chi connectivity index (χ2n) is 8.88. The van der Waals surface area contributed by atoms with E-state index in [-0.39, 0.29) is 17.9 Å². The molecule has 0 bridgehead atoms. The predicted molar refractivity (Wildman–Crippen MR) is 133 cm³/mol. The number of nitrogens with zero attached hydrogens (tertiary/aromatic N) is 1. The van der Waals surface area contributed by atoms with Crippen LogP contribution in [0.15, 0.2) is 53.4 Å². The van der Waals surface area contributed by atoms with Gasteiger partial charge in [0.05, 0.1) is 5.75 Å². The Morgan fingerprint density at radius 1 is 1.03 bits per heavy atom. The van der Waals surface area contributed by atoms with E-state index >= 15 is 0 Å². The van der Waals surface area contributed by atoms with Crippen molar-refractivity contribution in [1.82, 2.24) is 10.2 Å². The molecule has 2 aromatic carbocycles. The van der Waals surface area contributed by atoms with Gasteiger partial charge in [0.1, 0.15) is 6.04 Å². The number of thioether (sulfide) groups is 1. The van der Waals surface area contributed by atoms with Gasteiger partial charge >= 0.3 is 0 Å². The van der Waals surface area contributed by atoms with Crippen LogP contribution in [0.2, 0.25) is 0 Å². The summed E-state index contributed by atoms with van der Waals surface area (Å²) in [6.45, 7) is 6.55. The fraction of sp³-hybridized carbons (Fsp3) is 0.481. The maximum atomic E-state index is 13.4. The molecule has 1 atom stereocenters. The van der Waals surface area contributed by atoms with Crippen LogP contribution in [0.25, 0.3) is 0 Å². The third kappa shape index (κ3) is 7.13. The lowest BCUT2D eigenvalue weighted by atomic mass is 9.95. The van der Waals surface area contributed by atoms with Gasteiger partial charge in [0.25, 0.3) is 0 Å². The molecule has 0 saturated heterocycles. The van der Waals surface area contributed by atoms with E-state index in [1.54, 1.807) is 4.90 Å². The molecule has 0 heterocycles. The van der Waals surface area contributed by atoms with Gasteiger partial charge in [-0.05, 0) is 50.8 Å². The monoisotopic (exact) mass is 452 g/mol. The number of amides is 2. The Morgan fingerprint density at radius 3 is 2.41 bits per heavy atom. The van der Waals surface area contributed by atoms with Crippen molar-refractivity contribution in [1.29, 1.82) is 0 Å². The van der Waals surface area contributed by atoms with Crippen molar-refractivity contribution in [3.05, 3.63) is 65.2 Å². The van der Waals surface area contributed by atoms with Crippen LogP contribution < -0.4 is 5.32 Å². The quantitative estimate of drug-likeness (QED) is 0.500. The molecule has 1 fully saturated rings. The topological polar surface area (TPSA) is 49.4 Å². The molecule has 172 valence electrons. The molecule has 1 aliphatic rings.